The maximum atomic E-state index is 9.50. The minimum Gasteiger partial charge on any atom is -0.389 e. The van der Waals surface area contributed by atoms with Crippen molar-refractivity contribution in [3.63, 3.8) is 0 Å². The van der Waals surface area contributed by atoms with Gasteiger partial charge in [0.1, 0.15) is 0 Å². The molecular weight excluding hydrogens is 230 g/mol. The first kappa shape index (κ1) is 10.5. The van der Waals surface area contributed by atoms with Crippen molar-refractivity contribution in [1.29, 1.82) is 0 Å². The van der Waals surface area contributed by atoms with E-state index >= 15 is 0 Å². The number of hydrogen-bond donors (Lipinski definition) is 1. The second-order valence-corrected chi connectivity index (χ2v) is 4.19. The van der Waals surface area contributed by atoms with Crippen LogP contribution in [0, 0.1) is 0 Å². The van der Waals surface area contributed by atoms with Gasteiger partial charge in [-0.25, -0.2) is 0 Å². The first-order valence-corrected chi connectivity index (χ1v) is 4.96. The highest BCUT2D eigenvalue weighted by atomic mass is 79.9. The monoisotopic (exact) mass is 243 g/mol. The van der Waals surface area contributed by atoms with Crippen molar-refractivity contribution in [1.82, 2.24) is 0 Å². The second-order valence-electron chi connectivity index (χ2n) is 3.27. The highest BCUT2D eigenvalue weighted by Gasteiger charge is 2.09. The van der Waals surface area contributed by atoms with E-state index in [1.165, 1.54) is 0 Å². The average Bonchev–Trinajstić information content (AvgIpc) is 2.03. The molecule has 1 unspecified atom stereocenters. The second kappa shape index (κ2) is 4.11. The Morgan fingerprint density at radius 1 is 1.38 bits per heavy atom. The third-order valence-electron chi connectivity index (χ3n) is 1.92. The molecule has 0 saturated heterocycles. The molecule has 0 radical (unpaired) electrons. The molecule has 0 saturated carbocycles. The number of rotatable bonds is 2. The molecule has 1 aromatic rings. The van der Waals surface area contributed by atoms with Crippen molar-refractivity contribution >= 4 is 21.6 Å². The van der Waals surface area contributed by atoms with Gasteiger partial charge in [0, 0.05) is 29.8 Å². The fourth-order valence-corrected chi connectivity index (χ4v) is 1.61. The molecule has 0 bridgehead atoms. The molecule has 0 aliphatic carbocycles. The van der Waals surface area contributed by atoms with Crippen molar-refractivity contribution in [3.05, 3.63) is 28.2 Å². The molecule has 3 heteroatoms. The van der Waals surface area contributed by atoms with Gasteiger partial charge < -0.3 is 10.0 Å². The Hall–Kier alpha value is -0.540. The summed E-state index contributed by atoms with van der Waals surface area (Å²) in [6.45, 7) is 1.77. The molecule has 2 nitrogen and oxygen atoms in total. The highest BCUT2D eigenvalue weighted by Crippen LogP contribution is 2.28. The van der Waals surface area contributed by atoms with Crippen LogP contribution in [0.2, 0.25) is 0 Å². The van der Waals surface area contributed by atoms with Crippen molar-refractivity contribution in [3.8, 4) is 0 Å². The normalized spacial score (nSPS) is 12.7. The standard InChI is InChI=1S/C10H14BrNO/c1-7(13)9-5-4-8(11)6-10(9)12(2)3/h4-7,13H,1-3H3. The fraction of sp³-hybridized carbons (Fsp3) is 0.400. The predicted octanol–water partition coefficient (Wildman–Crippen LogP) is 2.57. The number of hydrogen-bond acceptors (Lipinski definition) is 2. The molecule has 0 aromatic heterocycles. The Morgan fingerprint density at radius 2 is 2.00 bits per heavy atom. The first-order chi connectivity index (χ1) is 6.02. The summed E-state index contributed by atoms with van der Waals surface area (Å²) in [4.78, 5) is 1.99. The number of aliphatic hydroxyl groups excluding tert-OH is 1. The molecule has 1 atom stereocenters. The molecule has 0 aliphatic rings. The lowest BCUT2D eigenvalue weighted by molar-refractivity contribution is 0.199. The van der Waals surface area contributed by atoms with Gasteiger partial charge in [-0.2, -0.15) is 0 Å². The van der Waals surface area contributed by atoms with E-state index in [-0.39, 0.29) is 0 Å². The van der Waals surface area contributed by atoms with Gasteiger partial charge in [-0.1, -0.05) is 22.0 Å². The zero-order chi connectivity index (χ0) is 10.0. The third kappa shape index (κ3) is 2.45. The van der Waals surface area contributed by atoms with E-state index in [0.29, 0.717) is 0 Å². The minimum atomic E-state index is -0.425. The smallest absolute Gasteiger partial charge is 0.0782 e. The van der Waals surface area contributed by atoms with Crippen molar-refractivity contribution in [2.45, 2.75) is 13.0 Å². The third-order valence-corrected chi connectivity index (χ3v) is 2.42. The Balaban J connectivity index is 3.19. The predicted molar refractivity (Wildman–Crippen MR) is 59.1 cm³/mol. The van der Waals surface area contributed by atoms with E-state index in [0.717, 1.165) is 15.7 Å². The van der Waals surface area contributed by atoms with Crippen LogP contribution in [-0.2, 0) is 0 Å². The van der Waals surface area contributed by atoms with Gasteiger partial charge in [0.25, 0.3) is 0 Å². The molecule has 0 fully saturated rings. The number of nitrogens with zero attached hydrogens (tertiary/aromatic N) is 1. The Morgan fingerprint density at radius 3 is 2.46 bits per heavy atom. The number of aliphatic hydroxyl groups is 1. The zero-order valence-corrected chi connectivity index (χ0v) is 9.67. The summed E-state index contributed by atoms with van der Waals surface area (Å²) in [5.74, 6) is 0. The summed E-state index contributed by atoms with van der Waals surface area (Å²) in [5.41, 5.74) is 2.00. The van der Waals surface area contributed by atoms with Crippen LogP contribution in [0.4, 0.5) is 5.69 Å². The van der Waals surface area contributed by atoms with Crippen LogP contribution < -0.4 is 4.90 Å². The molecule has 1 N–H and O–H groups in total. The molecular formula is C10H14BrNO. The summed E-state index contributed by atoms with van der Waals surface area (Å²) < 4.78 is 1.03. The minimum absolute atomic E-state index is 0.425. The Kier molecular flexibility index (Phi) is 3.33. The van der Waals surface area contributed by atoms with Gasteiger partial charge in [0.2, 0.25) is 0 Å². The summed E-state index contributed by atoms with van der Waals surface area (Å²) in [7, 11) is 3.93. The lowest BCUT2D eigenvalue weighted by Gasteiger charge is -2.19. The van der Waals surface area contributed by atoms with Crippen molar-refractivity contribution < 1.29 is 5.11 Å². The van der Waals surface area contributed by atoms with E-state index < -0.39 is 6.10 Å². The van der Waals surface area contributed by atoms with Gasteiger partial charge in [-0.3, -0.25) is 0 Å². The van der Waals surface area contributed by atoms with Crippen molar-refractivity contribution in [2.24, 2.45) is 0 Å². The molecule has 1 aromatic carbocycles. The summed E-state index contributed by atoms with van der Waals surface area (Å²) in [6, 6.07) is 5.88. The van der Waals surface area contributed by atoms with Crippen LogP contribution in [0.25, 0.3) is 0 Å². The number of benzene rings is 1. The average molecular weight is 244 g/mol. The topological polar surface area (TPSA) is 23.5 Å². The van der Waals surface area contributed by atoms with Crippen molar-refractivity contribution in [2.75, 3.05) is 19.0 Å². The van der Waals surface area contributed by atoms with Crippen LogP contribution >= 0.6 is 15.9 Å². The SMILES string of the molecule is CC(O)c1ccc(Br)cc1N(C)C. The molecule has 0 heterocycles. The number of halogens is 1. The molecule has 0 aliphatic heterocycles. The van der Waals surface area contributed by atoms with Gasteiger partial charge in [-0.15, -0.1) is 0 Å². The Labute approximate surface area is 87.3 Å². The van der Waals surface area contributed by atoms with Gasteiger partial charge in [0.05, 0.1) is 6.10 Å². The zero-order valence-electron chi connectivity index (χ0n) is 8.08. The van der Waals surface area contributed by atoms with Gasteiger partial charge in [0.15, 0.2) is 0 Å². The Bertz CT molecular complexity index is 297. The van der Waals surface area contributed by atoms with E-state index in [2.05, 4.69) is 15.9 Å². The number of anilines is 1. The van der Waals surface area contributed by atoms with Crippen LogP contribution in [0.15, 0.2) is 22.7 Å². The molecule has 0 amide bonds. The van der Waals surface area contributed by atoms with Crippen LogP contribution in [0.1, 0.15) is 18.6 Å². The van der Waals surface area contributed by atoms with Crippen LogP contribution in [-0.4, -0.2) is 19.2 Å². The summed E-state index contributed by atoms with van der Waals surface area (Å²) in [5, 5.41) is 9.50. The fourth-order valence-electron chi connectivity index (χ4n) is 1.26. The molecule has 1 rings (SSSR count). The van der Waals surface area contributed by atoms with E-state index in [4.69, 9.17) is 0 Å². The largest absolute Gasteiger partial charge is 0.389 e. The maximum absolute atomic E-state index is 9.50. The highest BCUT2D eigenvalue weighted by molar-refractivity contribution is 9.10. The van der Waals surface area contributed by atoms with Gasteiger partial charge >= 0.3 is 0 Å². The van der Waals surface area contributed by atoms with E-state index in [1.54, 1.807) is 6.92 Å². The quantitative estimate of drug-likeness (QED) is 0.864. The summed E-state index contributed by atoms with van der Waals surface area (Å²) >= 11 is 3.41. The van der Waals surface area contributed by atoms with E-state index in [1.807, 2.05) is 37.2 Å². The molecule has 0 spiro atoms. The van der Waals surface area contributed by atoms with Crippen LogP contribution in [0.3, 0.4) is 0 Å². The lowest BCUT2D eigenvalue weighted by Crippen LogP contribution is -2.12. The lowest BCUT2D eigenvalue weighted by atomic mass is 10.1. The molecule has 72 valence electrons. The van der Waals surface area contributed by atoms with E-state index in [9.17, 15) is 5.11 Å². The summed E-state index contributed by atoms with van der Waals surface area (Å²) in [6.07, 6.45) is -0.425. The van der Waals surface area contributed by atoms with Crippen LogP contribution in [0.5, 0.6) is 0 Å². The molecule has 13 heavy (non-hydrogen) atoms. The maximum Gasteiger partial charge on any atom is 0.0782 e. The first-order valence-electron chi connectivity index (χ1n) is 4.17. The van der Waals surface area contributed by atoms with Gasteiger partial charge in [-0.05, 0) is 19.1 Å².